The summed E-state index contributed by atoms with van der Waals surface area (Å²) in [7, 11) is 0. The van der Waals surface area contributed by atoms with Crippen molar-refractivity contribution < 1.29 is 29.1 Å². The predicted molar refractivity (Wildman–Crippen MR) is 126 cm³/mol. The van der Waals surface area contributed by atoms with Gasteiger partial charge in [0.2, 0.25) is 6.79 Å². The largest absolute Gasteiger partial charge is 0.478 e. The quantitative estimate of drug-likeness (QED) is 0.174. The second kappa shape index (κ2) is 8.95. The van der Waals surface area contributed by atoms with Gasteiger partial charge in [0.1, 0.15) is 11.0 Å². The fraction of sp³-hybridized carbons (Fsp3) is 0.0833. The van der Waals surface area contributed by atoms with Crippen molar-refractivity contribution in [1.82, 2.24) is 8.75 Å². The van der Waals surface area contributed by atoms with Gasteiger partial charge in [-0.25, -0.2) is 4.79 Å². The highest BCUT2D eigenvalue weighted by atomic mass is 32.1. The molecule has 1 N–H and O–H groups in total. The number of carbonyl (C=O) groups excluding carboxylic acids is 1. The lowest BCUT2D eigenvalue weighted by Crippen LogP contribution is -2.14. The van der Waals surface area contributed by atoms with Crippen LogP contribution in [0.15, 0.2) is 66.2 Å². The van der Waals surface area contributed by atoms with Gasteiger partial charge in [-0.05, 0) is 41.5 Å². The number of benzene rings is 3. The number of nitro groups is 1. The highest BCUT2D eigenvalue weighted by Gasteiger charge is 2.26. The number of ether oxygens (including phenoxy) is 2. The van der Waals surface area contributed by atoms with E-state index in [4.69, 9.17) is 9.47 Å². The molecule has 0 saturated carbocycles. The van der Waals surface area contributed by atoms with E-state index in [-0.39, 0.29) is 35.6 Å². The van der Waals surface area contributed by atoms with Gasteiger partial charge in [0.25, 0.3) is 5.69 Å². The fourth-order valence-electron chi connectivity index (χ4n) is 3.80. The molecule has 174 valence electrons. The van der Waals surface area contributed by atoms with Crippen LogP contribution in [0.2, 0.25) is 0 Å². The van der Waals surface area contributed by atoms with Gasteiger partial charge in [0.05, 0.1) is 22.2 Å². The minimum absolute atomic E-state index is 0.00718. The Morgan fingerprint density at radius 2 is 1.66 bits per heavy atom. The molecule has 11 heteroatoms. The number of nitrogens with zero attached hydrogens (tertiary/aromatic N) is 3. The lowest BCUT2D eigenvalue weighted by atomic mass is 9.89. The molecule has 0 atom stereocenters. The standard InChI is InChI=1S/C24H15N3O7S/c28-23(15-4-8-20-21(11-15)34-12-33-20)17(9-13-1-5-16(6-2-13)27(31)32)22(24(29)30)14-3-7-18-19(10-14)26-35-25-18/h1-8,10-11H,9,12H2,(H,29,30)/b22-17+. The Balaban J connectivity index is 1.65. The topological polar surface area (TPSA) is 142 Å². The van der Waals surface area contributed by atoms with Crippen LogP contribution in [0.1, 0.15) is 21.5 Å². The van der Waals surface area contributed by atoms with Gasteiger partial charge in [-0.1, -0.05) is 18.2 Å². The second-order valence-corrected chi connectivity index (χ2v) is 8.15. The highest BCUT2D eigenvalue weighted by Crippen LogP contribution is 2.35. The normalized spacial score (nSPS) is 12.9. The number of hydrogen-bond donors (Lipinski definition) is 1. The summed E-state index contributed by atoms with van der Waals surface area (Å²) in [6.07, 6.45) is -0.0692. The number of rotatable bonds is 7. The van der Waals surface area contributed by atoms with Gasteiger partial charge in [-0.2, -0.15) is 8.75 Å². The predicted octanol–water partition coefficient (Wildman–Crippen LogP) is 4.29. The first-order valence-corrected chi connectivity index (χ1v) is 11.0. The van der Waals surface area contributed by atoms with Crippen molar-refractivity contribution in [3.63, 3.8) is 0 Å². The third-order valence-corrected chi connectivity index (χ3v) is 6.05. The molecule has 0 amide bonds. The van der Waals surface area contributed by atoms with Crippen LogP contribution in [0.3, 0.4) is 0 Å². The molecule has 0 radical (unpaired) electrons. The van der Waals surface area contributed by atoms with Crippen LogP contribution in [-0.4, -0.2) is 37.3 Å². The minimum atomic E-state index is -1.29. The Morgan fingerprint density at radius 1 is 0.943 bits per heavy atom. The average Bonchev–Trinajstić information content (AvgIpc) is 3.51. The van der Waals surface area contributed by atoms with Crippen LogP contribution in [0.5, 0.6) is 11.5 Å². The van der Waals surface area contributed by atoms with Crippen LogP contribution in [-0.2, 0) is 11.2 Å². The molecule has 1 aliphatic rings. The van der Waals surface area contributed by atoms with E-state index in [0.717, 1.165) is 11.7 Å². The van der Waals surface area contributed by atoms with Crippen LogP contribution in [0, 0.1) is 10.1 Å². The summed E-state index contributed by atoms with van der Waals surface area (Å²) in [6, 6.07) is 15.1. The number of allylic oxidation sites excluding steroid dienone is 1. The van der Waals surface area contributed by atoms with E-state index in [2.05, 4.69) is 8.75 Å². The zero-order valence-corrected chi connectivity index (χ0v) is 18.7. The van der Waals surface area contributed by atoms with E-state index in [1.54, 1.807) is 30.3 Å². The molecule has 0 fully saturated rings. The van der Waals surface area contributed by atoms with Crippen molar-refractivity contribution in [2.45, 2.75) is 6.42 Å². The molecule has 0 spiro atoms. The second-order valence-electron chi connectivity index (χ2n) is 7.62. The zero-order valence-electron chi connectivity index (χ0n) is 17.8. The molecular weight excluding hydrogens is 474 g/mol. The zero-order chi connectivity index (χ0) is 24.5. The third-order valence-electron chi connectivity index (χ3n) is 5.49. The number of non-ortho nitro benzene ring substituents is 1. The van der Waals surface area contributed by atoms with Gasteiger partial charge in [-0.3, -0.25) is 14.9 Å². The molecule has 1 aliphatic heterocycles. The van der Waals surface area contributed by atoms with E-state index in [9.17, 15) is 24.8 Å². The van der Waals surface area contributed by atoms with Crippen molar-refractivity contribution >= 4 is 45.8 Å². The Kier molecular flexibility index (Phi) is 5.67. The number of hydrogen-bond acceptors (Lipinski definition) is 9. The monoisotopic (exact) mass is 489 g/mol. The first-order valence-electron chi connectivity index (χ1n) is 10.3. The van der Waals surface area contributed by atoms with E-state index in [1.807, 2.05) is 0 Å². The summed E-state index contributed by atoms with van der Waals surface area (Å²) in [5.74, 6) is -0.936. The van der Waals surface area contributed by atoms with Gasteiger partial charge >= 0.3 is 5.97 Å². The van der Waals surface area contributed by atoms with E-state index in [1.165, 1.54) is 30.3 Å². The van der Waals surface area contributed by atoms with E-state index in [0.29, 0.717) is 33.7 Å². The van der Waals surface area contributed by atoms with E-state index >= 15 is 0 Å². The maximum atomic E-state index is 13.7. The average molecular weight is 489 g/mol. The first-order chi connectivity index (χ1) is 16.9. The first kappa shape index (κ1) is 22.2. The smallest absolute Gasteiger partial charge is 0.336 e. The molecule has 35 heavy (non-hydrogen) atoms. The maximum Gasteiger partial charge on any atom is 0.336 e. The molecule has 4 aromatic rings. The Morgan fingerprint density at radius 3 is 2.40 bits per heavy atom. The van der Waals surface area contributed by atoms with Crippen LogP contribution < -0.4 is 9.47 Å². The molecular formula is C24H15N3O7S. The molecule has 3 aromatic carbocycles. The lowest BCUT2D eigenvalue weighted by molar-refractivity contribution is -0.384. The number of aromatic nitrogens is 2. The molecule has 1 aromatic heterocycles. The molecule has 0 saturated heterocycles. The van der Waals surface area contributed by atoms with Crippen molar-refractivity contribution in [3.05, 3.63) is 93.0 Å². The Hall–Kier alpha value is -4.64. The van der Waals surface area contributed by atoms with Gasteiger partial charge in [-0.15, -0.1) is 0 Å². The van der Waals surface area contributed by atoms with Crippen molar-refractivity contribution in [2.24, 2.45) is 0 Å². The van der Waals surface area contributed by atoms with Crippen molar-refractivity contribution in [1.29, 1.82) is 0 Å². The van der Waals surface area contributed by atoms with Crippen molar-refractivity contribution in [3.8, 4) is 11.5 Å². The summed E-state index contributed by atoms with van der Waals surface area (Å²) in [4.78, 5) is 36.7. The van der Waals surface area contributed by atoms with E-state index < -0.39 is 16.7 Å². The summed E-state index contributed by atoms with van der Waals surface area (Å²) < 4.78 is 19.0. The Labute approximate surface area is 201 Å². The third kappa shape index (κ3) is 4.32. The van der Waals surface area contributed by atoms with Crippen LogP contribution >= 0.6 is 11.7 Å². The molecule has 5 rings (SSSR count). The van der Waals surface area contributed by atoms with Gasteiger partial charge < -0.3 is 14.6 Å². The number of carboxylic acid groups (broad SMARTS) is 1. The molecule has 0 bridgehead atoms. The molecule has 10 nitrogen and oxygen atoms in total. The van der Waals surface area contributed by atoms with Crippen LogP contribution in [0.4, 0.5) is 5.69 Å². The Bertz CT molecular complexity index is 1530. The number of nitro benzene ring substituents is 1. The summed E-state index contributed by atoms with van der Waals surface area (Å²) in [5, 5.41) is 21.2. The molecule has 0 aliphatic carbocycles. The fourth-order valence-corrected chi connectivity index (χ4v) is 4.32. The molecule has 2 heterocycles. The summed E-state index contributed by atoms with van der Waals surface area (Å²) >= 11 is 1.000. The lowest BCUT2D eigenvalue weighted by Gasteiger charge is -2.13. The number of Topliss-reactive ketones (excluding diaryl/α,β-unsaturated/α-hetero) is 1. The number of carboxylic acids is 1. The number of ketones is 1. The summed E-state index contributed by atoms with van der Waals surface area (Å²) in [5.41, 5.74) is 1.88. The van der Waals surface area contributed by atoms with Gasteiger partial charge in [0, 0.05) is 29.7 Å². The van der Waals surface area contributed by atoms with Crippen LogP contribution in [0.25, 0.3) is 16.6 Å². The minimum Gasteiger partial charge on any atom is -0.478 e. The maximum absolute atomic E-state index is 13.7. The van der Waals surface area contributed by atoms with Gasteiger partial charge in [0.15, 0.2) is 17.3 Å². The summed E-state index contributed by atoms with van der Waals surface area (Å²) in [6.45, 7) is 0.0283. The number of aliphatic carboxylic acids is 1. The number of fused-ring (bicyclic) bond motifs is 2. The molecule has 0 unspecified atom stereocenters. The SMILES string of the molecule is O=C(O)/C(=C(\Cc1ccc([N+](=O)[O-])cc1)C(=O)c1ccc2c(c1)OCO2)c1ccc2nsnc2c1. The number of carbonyl (C=O) groups is 2. The van der Waals surface area contributed by atoms with Crippen molar-refractivity contribution in [2.75, 3.05) is 6.79 Å². The highest BCUT2D eigenvalue weighted by molar-refractivity contribution is 7.00.